The Balaban J connectivity index is 1.90. The first-order valence-corrected chi connectivity index (χ1v) is 9.27. The lowest BCUT2D eigenvalue weighted by atomic mass is 9.97. The average molecular weight is 433 g/mol. The largest absolute Gasteiger partial charge is 0.433 e. The molecule has 0 aliphatic rings. The molecule has 3 aromatic rings. The molecule has 0 atom stereocenters. The van der Waals surface area contributed by atoms with Gasteiger partial charge in [-0.3, -0.25) is 4.98 Å². The third-order valence-electron chi connectivity index (χ3n) is 3.76. The van der Waals surface area contributed by atoms with Gasteiger partial charge in [0.1, 0.15) is 11.5 Å². The van der Waals surface area contributed by atoms with Crippen LogP contribution >= 0.6 is 0 Å². The second kappa shape index (κ2) is 8.58. The van der Waals surface area contributed by atoms with Crippen LogP contribution < -0.4 is 21.7 Å². The number of halogens is 3. The summed E-state index contributed by atoms with van der Waals surface area (Å²) in [7, 11) is 0. The maximum absolute atomic E-state index is 13.0. The van der Waals surface area contributed by atoms with Crippen LogP contribution in [0.15, 0.2) is 36.7 Å². The minimum Gasteiger partial charge on any atom is -0.384 e. The Kier molecular flexibility index (Phi) is 6.09. The summed E-state index contributed by atoms with van der Waals surface area (Å²) in [6, 6.07) is 5.53. The maximum Gasteiger partial charge on any atom is 0.433 e. The quantitative estimate of drug-likeness (QED) is 0.452. The maximum atomic E-state index is 13.0. The van der Waals surface area contributed by atoms with Gasteiger partial charge < -0.3 is 21.7 Å². The summed E-state index contributed by atoms with van der Waals surface area (Å²) in [5, 5.41) is 8.87. The van der Waals surface area contributed by atoms with E-state index >= 15 is 0 Å². The van der Waals surface area contributed by atoms with E-state index in [2.05, 4.69) is 40.9 Å². The lowest BCUT2D eigenvalue weighted by Crippen LogP contribution is -2.21. The molecule has 164 valence electrons. The van der Waals surface area contributed by atoms with Gasteiger partial charge in [-0.1, -0.05) is 20.8 Å². The zero-order chi connectivity index (χ0) is 22.6. The second-order valence-corrected chi connectivity index (χ2v) is 7.87. The van der Waals surface area contributed by atoms with E-state index in [0.717, 1.165) is 12.3 Å². The molecule has 0 aliphatic carbocycles. The Hall–Kier alpha value is -3.70. The summed E-state index contributed by atoms with van der Waals surface area (Å²) in [6.45, 7) is 6.67. The van der Waals surface area contributed by atoms with Gasteiger partial charge in [0.25, 0.3) is 0 Å². The highest BCUT2D eigenvalue weighted by Crippen LogP contribution is 2.29. The highest BCUT2D eigenvalue weighted by Gasteiger charge is 2.32. The zero-order valence-electron chi connectivity index (χ0n) is 17.1. The molecule has 9 nitrogen and oxygen atoms in total. The Bertz CT molecular complexity index is 1050. The molecule has 0 aromatic carbocycles. The summed E-state index contributed by atoms with van der Waals surface area (Å²) < 4.78 is 38.9. The van der Waals surface area contributed by atoms with Crippen molar-refractivity contribution in [2.75, 3.05) is 28.2 Å². The first-order valence-electron chi connectivity index (χ1n) is 9.27. The number of nitrogens with one attached hydrogen (secondary N) is 3. The van der Waals surface area contributed by atoms with Gasteiger partial charge in [-0.05, 0) is 23.6 Å². The van der Waals surface area contributed by atoms with Crippen LogP contribution in [0.25, 0.3) is 0 Å². The standard InChI is InChI=1S/C19H22F3N9/c1-18(2,3)10-26-15-29-16(27-11-4-6-24-13(8-11)19(20,21)22)31-17(30-15)28-12-5-7-25-14(23)9-12/h4-9H,10H2,1-3H3,(H5,23,24,25,26,27,28,29,30,31). The van der Waals surface area contributed by atoms with Crippen molar-refractivity contribution in [3.63, 3.8) is 0 Å². The van der Waals surface area contributed by atoms with Crippen LogP contribution in [0.2, 0.25) is 0 Å². The summed E-state index contributed by atoms with van der Waals surface area (Å²) in [5.41, 5.74) is 5.34. The van der Waals surface area contributed by atoms with Crippen LogP contribution in [-0.4, -0.2) is 31.5 Å². The first kappa shape index (κ1) is 22.0. The van der Waals surface area contributed by atoms with Crippen molar-refractivity contribution in [1.29, 1.82) is 0 Å². The van der Waals surface area contributed by atoms with E-state index in [1.165, 1.54) is 12.3 Å². The van der Waals surface area contributed by atoms with Crippen molar-refractivity contribution in [1.82, 2.24) is 24.9 Å². The Morgan fingerprint density at radius 2 is 1.39 bits per heavy atom. The molecule has 0 bridgehead atoms. The van der Waals surface area contributed by atoms with Gasteiger partial charge in [-0.2, -0.15) is 28.1 Å². The van der Waals surface area contributed by atoms with E-state index in [4.69, 9.17) is 5.73 Å². The molecular formula is C19H22F3N9. The third kappa shape index (κ3) is 6.66. The summed E-state index contributed by atoms with van der Waals surface area (Å²) in [5.74, 6) is 0.780. The monoisotopic (exact) mass is 433 g/mol. The Labute approximate surface area is 176 Å². The van der Waals surface area contributed by atoms with Crippen LogP contribution in [-0.2, 0) is 6.18 Å². The minimum atomic E-state index is -4.57. The number of anilines is 6. The van der Waals surface area contributed by atoms with Gasteiger partial charge in [0, 0.05) is 36.4 Å². The number of nitrogens with two attached hydrogens (primary N) is 1. The number of hydrogen-bond acceptors (Lipinski definition) is 9. The summed E-state index contributed by atoms with van der Waals surface area (Å²) >= 11 is 0. The van der Waals surface area contributed by atoms with Crippen LogP contribution in [0.4, 0.5) is 48.2 Å². The molecule has 0 spiro atoms. The number of alkyl halides is 3. The van der Waals surface area contributed by atoms with E-state index in [1.54, 1.807) is 12.1 Å². The third-order valence-corrected chi connectivity index (χ3v) is 3.76. The fourth-order valence-corrected chi connectivity index (χ4v) is 2.36. The number of rotatable bonds is 6. The number of aromatic nitrogens is 5. The van der Waals surface area contributed by atoms with Gasteiger partial charge in [-0.25, -0.2) is 4.98 Å². The Morgan fingerprint density at radius 3 is 1.94 bits per heavy atom. The van der Waals surface area contributed by atoms with Crippen molar-refractivity contribution in [3.8, 4) is 0 Å². The molecular weight excluding hydrogens is 411 g/mol. The minimum absolute atomic E-state index is 0.0512. The topological polar surface area (TPSA) is 127 Å². The predicted molar refractivity (Wildman–Crippen MR) is 112 cm³/mol. The van der Waals surface area contributed by atoms with Crippen LogP contribution in [0.5, 0.6) is 0 Å². The van der Waals surface area contributed by atoms with Gasteiger partial charge in [0.15, 0.2) is 0 Å². The highest BCUT2D eigenvalue weighted by molar-refractivity contribution is 5.60. The number of nitrogen functional groups attached to an aromatic ring is 1. The molecule has 3 rings (SSSR count). The van der Waals surface area contributed by atoms with Gasteiger partial charge in [0.2, 0.25) is 17.8 Å². The van der Waals surface area contributed by atoms with E-state index in [9.17, 15) is 13.2 Å². The van der Waals surface area contributed by atoms with Crippen molar-refractivity contribution in [3.05, 3.63) is 42.4 Å². The van der Waals surface area contributed by atoms with Crippen LogP contribution in [0.1, 0.15) is 26.5 Å². The lowest BCUT2D eigenvalue weighted by molar-refractivity contribution is -0.141. The number of hydrogen-bond donors (Lipinski definition) is 4. The molecule has 0 radical (unpaired) electrons. The van der Waals surface area contributed by atoms with E-state index in [1.807, 2.05) is 20.8 Å². The second-order valence-electron chi connectivity index (χ2n) is 7.87. The highest BCUT2D eigenvalue weighted by atomic mass is 19.4. The van der Waals surface area contributed by atoms with Crippen molar-refractivity contribution >= 4 is 35.0 Å². The molecule has 0 unspecified atom stereocenters. The number of pyridine rings is 2. The molecule has 3 heterocycles. The molecule has 0 saturated carbocycles. The van der Waals surface area contributed by atoms with Crippen molar-refractivity contribution in [2.24, 2.45) is 5.41 Å². The smallest absolute Gasteiger partial charge is 0.384 e. The summed E-state index contributed by atoms with van der Waals surface area (Å²) in [4.78, 5) is 20.1. The normalized spacial score (nSPS) is 11.8. The zero-order valence-corrected chi connectivity index (χ0v) is 17.1. The van der Waals surface area contributed by atoms with E-state index in [0.29, 0.717) is 18.1 Å². The molecule has 0 fully saturated rings. The number of nitrogens with zero attached hydrogens (tertiary/aromatic N) is 5. The molecule has 31 heavy (non-hydrogen) atoms. The summed E-state index contributed by atoms with van der Waals surface area (Å²) in [6.07, 6.45) is -1.99. The average Bonchev–Trinajstić information content (AvgIpc) is 2.65. The van der Waals surface area contributed by atoms with Crippen LogP contribution in [0, 0.1) is 5.41 Å². The first-order chi connectivity index (χ1) is 14.5. The predicted octanol–water partition coefficient (Wildman–Crippen LogP) is 4.21. The van der Waals surface area contributed by atoms with E-state index in [-0.39, 0.29) is 28.9 Å². The van der Waals surface area contributed by atoms with Crippen molar-refractivity contribution < 1.29 is 13.2 Å². The lowest BCUT2D eigenvalue weighted by Gasteiger charge is -2.19. The Morgan fingerprint density at radius 1 is 0.839 bits per heavy atom. The fourth-order valence-electron chi connectivity index (χ4n) is 2.36. The molecule has 12 heteroatoms. The SMILES string of the molecule is CC(C)(C)CNc1nc(Nc2ccnc(N)c2)nc(Nc2ccnc(C(F)(F)F)c2)n1. The molecule has 5 N–H and O–H groups in total. The molecule has 0 aliphatic heterocycles. The van der Waals surface area contributed by atoms with Crippen LogP contribution in [0.3, 0.4) is 0 Å². The molecule has 3 aromatic heterocycles. The molecule has 0 amide bonds. The van der Waals surface area contributed by atoms with Crippen molar-refractivity contribution in [2.45, 2.75) is 26.9 Å². The molecule has 0 saturated heterocycles. The fraction of sp³-hybridized carbons (Fsp3) is 0.316. The van der Waals surface area contributed by atoms with Gasteiger partial charge >= 0.3 is 6.18 Å². The van der Waals surface area contributed by atoms with Gasteiger partial charge in [0.05, 0.1) is 0 Å². The van der Waals surface area contributed by atoms with E-state index < -0.39 is 11.9 Å². The van der Waals surface area contributed by atoms with Gasteiger partial charge in [-0.15, -0.1) is 0 Å².